The number of ether oxygens (including phenoxy) is 2. The molecule has 1 N–H and O–H groups in total. The van der Waals surface area contributed by atoms with E-state index in [4.69, 9.17) is 14.3 Å². The molecule has 108 valence electrons. The van der Waals surface area contributed by atoms with Gasteiger partial charge in [-0.05, 0) is 18.2 Å². The van der Waals surface area contributed by atoms with E-state index in [1.54, 1.807) is 14.2 Å². The SMILES string of the molecule is C=CCNC[C@@H]1CC(c2ccc(OC)c(OC)c2)=NO1. The number of hydrogen-bond donors (Lipinski definition) is 1. The summed E-state index contributed by atoms with van der Waals surface area (Å²) < 4.78 is 10.5. The summed E-state index contributed by atoms with van der Waals surface area (Å²) in [6, 6.07) is 5.75. The molecule has 0 spiro atoms. The molecule has 1 aliphatic rings. The third-order valence-electron chi connectivity index (χ3n) is 3.11. The summed E-state index contributed by atoms with van der Waals surface area (Å²) in [5.74, 6) is 1.40. The van der Waals surface area contributed by atoms with Crippen LogP contribution in [0, 0.1) is 0 Å². The summed E-state index contributed by atoms with van der Waals surface area (Å²) >= 11 is 0. The van der Waals surface area contributed by atoms with E-state index in [1.165, 1.54) is 0 Å². The lowest BCUT2D eigenvalue weighted by atomic mass is 10.0. The van der Waals surface area contributed by atoms with Gasteiger partial charge < -0.3 is 19.6 Å². The van der Waals surface area contributed by atoms with Crippen LogP contribution in [0.15, 0.2) is 36.0 Å². The van der Waals surface area contributed by atoms with Crippen LogP contribution in [-0.2, 0) is 4.84 Å². The number of hydrogen-bond acceptors (Lipinski definition) is 5. The second-order valence-electron chi connectivity index (χ2n) is 4.49. The summed E-state index contributed by atoms with van der Waals surface area (Å²) in [6.45, 7) is 5.19. The van der Waals surface area contributed by atoms with Gasteiger partial charge in [0.15, 0.2) is 11.5 Å². The molecule has 2 rings (SSSR count). The Labute approximate surface area is 119 Å². The summed E-state index contributed by atoms with van der Waals surface area (Å²) in [7, 11) is 3.24. The maximum Gasteiger partial charge on any atom is 0.161 e. The minimum absolute atomic E-state index is 0.0676. The molecule has 1 aromatic carbocycles. The lowest BCUT2D eigenvalue weighted by Gasteiger charge is -2.09. The van der Waals surface area contributed by atoms with Crippen LogP contribution < -0.4 is 14.8 Å². The van der Waals surface area contributed by atoms with Crippen LogP contribution in [0.2, 0.25) is 0 Å². The lowest BCUT2D eigenvalue weighted by Crippen LogP contribution is -2.27. The average molecular weight is 276 g/mol. The van der Waals surface area contributed by atoms with E-state index in [-0.39, 0.29) is 6.10 Å². The number of oxime groups is 1. The highest BCUT2D eigenvalue weighted by molar-refractivity contribution is 6.01. The maximum atomic E-state index is 5.42. The third-order valence-corrected chi connectivity index (χ3v) is 3.11. The molecule has 20 heavy (non-hydrogen) atoms. The van der Waals surface area contributed by atoms with Crippen molar-refractivity contribution in [1.82, 2.24) is 5.32 Å². The summed E-state index contributed by atoms with van der Waals surface area (Å²) in [5, 5.41) is 7.38. The van der Waals surface area contributed by atoms with E-state index in [1.807, 2.05) is 24.3 Å². The molecule has 5 nitrogen and oxygen atoms in total. The van der Waals surface area contributed by atoms with E-state index < -0.39 is 0 Å². The number of benzene rings is 1. The van der Waals surface area contributed by atoms with Gasteiger partial charge in [-0.2, -0.15) is 0 Å². The fourth-order valence-corrected chi connectivity index (χ4v) is 2.07. The van der Waals surface area contributed by atoms with Crippen LogP contribution in [-0.4, -0.2) is 39.1 Å². The normalized spacial score (nSPS) is 17.3. The summed E-state index contributed by atoms with van der Waals surface area (Å²) in [6.07, 6.45) is 2.67. The maximum absolute atomic E-state index is 5.42. The van der Waals surface area contributed by atoms with Crippen molar-refractivity contribution in [3.05, 3.63) is 36.4 Å². The number of rotatable bonds is 7. The standard InChI is InChI=1S/C15H20N2O3/c1-4-7-16-10-12-9-13(17-20-12)11-5-6-14(18-2)15(8-11)19-3/h4-6,8,12,16H,1,7,9-10H2,2-3H3/t12-/m0/s1. The highest BCUT2D eigenvalue weighted by atomic mass is 16.6. The topological polar surface area (TPSA) is 52.1 Å². The molecule has 0 radical (unpaired) electrons. The molecule has 0 aliphatic carbocycles. The highest BCUT2D eigenvalue weighted by Gasteiger charge is 2.22. The summed E-state index contributed by atoms with van der Waals surface area (Å²) in [5.41, 5.74) is 1.92. The Balaban J connectivity index is 2.01. The smallest absolute Gasteiger partial charge is 0.161 e. The Morgan fingerprint density at radius 1 is 1.40 bits per heavy atom. The fourth-order valence-electron chi connectivity index (χ4n) is 2.07. The Kier molecular flexibility index (Phi) is 5.01. The molecule has 0 saturated heterocycles. The lowest BCUT2D eigenvalue weighted by molar-refractivity contribution is 0.0859. The molecule has 0 saturated carbocycles. The number of methoxy groups -OCH3 is 2. The van der Waals surface area contributed by atoms with Gasteiger partial charge in [-0.1, -0.05) is 11.2 Å². The first-order valence-corrected chi connectivity index (χ1v) is 6.55. The third kappa shape index (κ3) is 3.30. The first-order chi connectivity index (χ1) is 9.78. The molecule has 0 unspecified atom stereocenters. The van der Waals surface area contributed by atoms with Crippen molar-refractivity contribution in [1.29, 1.82) is 0 Å². The van der Waals surface area contributed by atoms with Crippen LogP contribution in [0.25, 0.3) is 0 Å². The van der Waals surface area contributed by atoms with E-state index in [2.05, 4.69) is 17.1 Å². The molecule has 0 bridgehead atoms. The largest absolute Gasteiger partial charge is 0.493 e. The first-order valence-electron chi connectivity index (χ1n) is 6.55. The van der Waals surface area contributed by atoms with Gasteiger partial charge in [-0.25, -0.2) is 0 Å². The van der Waals surface area contributed by atoms with E-state index in [9.17, 15) is 0 Å². The molecule has 1 atom stereocenters. The molecule has 0 aromatic heterocycles. The fraction of sp³-hybridized carbons (Fsp3) is 0.400. The van der Waals surface area contributed by atoms with Gasteiger partial charge in [0.05, 0.1) is 19.9 Å². The van der Waals surface area contributed by atoms with Gasteiger partial charge in [-0.3, -0.25) is 0 Å². The Hall–Kier alpha value is -2.01. The van der Waals surface area contributed by atoms with Crippen molar-refractivity contribution in [3.8, 4) is 11.5 Å². The van der Waals surface area contributed by atoms with E-state index in [0.717, 1.165) is 30.8 Å². The molecule has 1 aromatic rings. The van der Waals surface area contributed by atoms with E-state index >= 15 is 0 Å². The van der Waals surface area contributed by atoms with Crippen LogP contribution in [0.3, 0.4) is 0 Å². The average Bonchev–Trinajstić information content (AvgIpc) is 2.95. The van der Waals surface area contributed by atoms with Crippen molar-refractivity contribution < 1.29 is 14.3 Å². The van der Waals surface area contributed by atoms with Crippen LogP contribution in [0.5, 0.6) is 11.5 Å². The van der Waals surface area contributed by atoms with Crippen molar-refractivity contribution in [2.24, 2.45) is 5.16 Å². The van der Waals surface area contributed by atoms with Gasteiger partial charge in [0, 0.05) is 25.1 Å². The highest BCUT2D eigenvalue weighted by Crippen LogP contribution is 2.29. The van der Waals surface area contributed by atoms with Crippen LogP contribution in [0.4, 0.5) is 0 Å². The molecule has 0 fully saturated rings. The Morgan fingerprint density at radius 3 is 2.90 bits per heavy atom. The van der Waals surface area contributed by atoms with Gasteiger partial charge in [0.1, 0.15) is 6.10 Å². The monoisotopic (exact) mass is 276 g/mol. The van der Waals surface area contributed by atoms with Crippen molar-refractivity contribution in [3.63, 3.8) is 0 Å². The Bertz CT molecular complexity index is 500. The predicted molar refractivity (Wildman–Crippen MR) is 78.6 cm³/mol. The first kappa shape index (κ1) is 14.4. The second-order valence-corrected chi connectivity index (χ2v) is 4.49. The molecular weight excluding hydrogens is 256 g/mol. The minimum atomic E-state index is 0.0676. The van der Waals surface area contributed by atoms with Crippen molar-refractivity contribution >= 4 is 5.71 Å². The molecular formula is C15H20N2O3. The van der Waals surface area contributed by atoms with Gasteiger partial charge >= 0.3 is 0 Å². The summed E-state index contributed by atoms with van der Waals surface area (Å²) in [4.78, 5) is 5.42. The zero-order valence-corrected chi connectivity index (χ0v) is 11.9. The van der Waals surface area contributed by atoms with Crippen molar-refractivity contribution in [2.75, 3.05) is 27.3 Å². The van der Waals surface area contributed by atoms with Gasteiger partial charge in [0.25, 0.3) is 0 Å². The number of nitrogens with zero attached hydrogens (tertiary/aromatic N) is 1. The predicted octanol–water partition coefficient (Wildman–Crippen LogP) is 1.97. The second kappa shape index (κ2) is 6.96. The molecule has 1 aliphatic heterocycles. The van der Waals surface area contributed by atoms with Gasteiger partial charge in [0.2, 0.25) is 0 Å². The Morgan fingerprint density at radius 2 is 2.20 bits per heavy atom. The zero-order chi connectivity index (χ0) is 14.4. The van der Waals surface area contributed by atoms with E-state index in [0.29, 0.717) is 11.5 Å². The minimum Gasteiger partial charge on any atom is -0.493 e. The number of nitrogens with one attached hydrogen (secondary N) is 1. The molecule has 1 heterocycles. The van der Waals surface area contributed by atoms with Crippen LogP contribution >= 0.6 is 0 Å². The zero-order valence-electron chi connectivity index (χ0n) is 11.9. The van der Waals surface area contributed by atoms with Gasteiger partial charge in [-0.15, -0.1) is 6.58 Å². The quantitative estimate of drug-likeness (QED) is 0.611. The molecule has 5 heteroatoms. The van der Waals surface area contributed by atoms with Crippen molar-refractivity contribution in [2.45, 2.75) is 12.5 Å². The van der Waals surface area contributed by atoms with Crippen LogP contribution in [0.1, 0.15) is 12.0 Å². The molecule has 0 amide bonds.